The van der Waals surface area contributed by atoms with Crippen molar-refractivity contribution in [1.29, 1.82) is 0 Å². The molecule has 1 N–H and O–H groups in total. The van der Waals surface area contributed by atoms with Gasteiger partial charge in [-0.15, -0.1) is 0 Å². The van der Waals surface area contributed by atoms with Crippen LogP contribution in [0.1, 0.15) is 50.7 Å². The number of rotatable bonds is 5. The van der Waals surface area contributed by atoms with Crippen molar-refractivity contribution in [2.24, 2.45) is 5.92 Å². The van der Waals surface area contributed by atoms with E-state index in [2.05, 4.69) is 4.98 Å². The van der Waals surface area contributed by atoms with E-state index in [0.29, 0.717) is 21.2 Å². The van der Waals surface area contributed by atoms with Gasteiger partial charge in [0.1, 0.15) is 5.75 Å². The number of aryl methyl sites for hydroxylation is 1. The highest BCUT2D eigenvalue weighted by atomic mass is 32.2. The number of ether oxygens (including phenoxy) is 1. The fourth-order valence-electron chi connectivity index (χ4n) is 5.00. The number of nitrogens with one attached hydrogen (secondary N) is 1. The highest BCUT2D eigenvalue weighted by Crippen LogP contribution is 2.50. The Balaban J connectivity index is 1.68. The molecule has 3 aromatic rings. The van der Waals surface area contributed by atoms with Crippen LogP contribution in [-0.2, 0) is 17.6 Å². The monoisotopic (exact) mass is 480 g/mol. The Hall–Kier alpha value is -2.84. The standard InChI is InChI=1S/C25H23NO5S2/c1-31-15-11-9-14(10-12-15)18-19(22(24(28)29)32-23-21(18)33-25(30)26-23)20(27)17-8-4-6-13-5-2-3-7-16(13)17/h4,6,8-12,18-19,22H,2-3,5,7H2,1H3,(H,26,30)(H,28,29)/p-1. The van der Waals surface area contributed by atoms with Gasteiger partial charge in [0.2, 0.25) is 0 Å². The minimum atomic E-state index is -1.31. The van der Waals surface area contributed by atoms with E-state index in [1.54, 1.807) is 19.2 Å². The number of methoxy groups -OCH3 is 1. The molecule has 0 bridgehead atoms. The molecule has 170 valence electrons. The number of aliphatic carboxylic acids is 1. The Kier molecular flexibility index (Phi) is 5.88. The van der Waals surface area contributed by atoms with Gasteiger partial charge in [0, 0.05) is 16.4 Å². The van der Waals surface area contributed by atoms with E-state index in [1.165, 1.54) is 0 Å². The lowest BCUT2D eigenvalue weighted by Crippen LogP contribution is -2.46. The van der Waals surface area contributed by atoms with Crippen LogP contribution in [0.3, 0.4) is 0 Å². The van der Waals surface area contributed by atoms with E-state index >= 15 is 0 Å². The fraction of sp³-hybridized carbons (Fsp3) is 0.320. The van der Waals surface area contributed by atoms with Crippen LogP contribution in [-0.4, -0.2) is 29.1 Å². The number of thiazole rings is 1. The Morgan fingerprint density at radius 3 is 2.58 bits per heavy atom. The average molecular weight is 481 g/mol. The first-order valence-electron chi connectivity index (χ1n) is 10.9. The lowest BCUT2D eigenvalue weighted by molar-refractivity contribution is -0.305. The Morgan fingerprint density at radius 1 is 1.09 bits per heavy atom. The molecule has 33 heavy (non-hydrogen) atoms. The lowest BCUT2D eigenvalue weighted by atomic mass is 9.75. The van der Waals surface area contributed by atoms with Gasteiger partial charge >= 0.3 is 4.87 Å². The number of aromatic amines is 1. The molecule has 1 aliphatic heterocycles. The SMILES string of the molecule is COc1ccc(C2c3sc(=O)[nH]c3SC(C(=O)[O-])C2C(=O)c2cccc3c2CCCC3)cc1. The van der Waals surface area contributed by atoms with Gasteiger partial charge in [0.25, 0.3) is 0 Å². The van der Waals surface area contributed by atoms with Gasteiger partial charge in [-0.1, -0.05) is 53.4 Å². The van der Waals surface area contributed by atoms with Crippen LogP contribution in [0.5, 0.6) is 5.75 Å². The zero-order chi connectivity index (χ0) is 23.1. The summed E-state index contributed by atoms with van der Waals surface area (Å²) >= 11 is 2.04. The largest absolute Gasteiger partial charge is 0.549 e. The zero-order valence-corrected chi connectivity index (χ0v) is 19.6. The van der Waals surface area contributed by atoms with Crippen molar-refractivity contribution in [2.45, 2.75) is 41.9 Å². The third kappa shape index (κ3) is 3.91. The molecule has 8 heteroatoms. The zero-order valence-electron chi connectivity index (χ0n) is 18.0. The molecule has 0 radical (unpaired) electrons. The summed E-state index contributed by atoms with van der Waals surface area (Å²) in [4.78, 5) is 41.8. The summed E-state index contributed by atoms with van der Waals surface area (Å²) in [6.45, 7) is 0. The second-order valence-corrected chi connectivity index (χ2v) is 10.5. The molecule has 1 aromatic heterocycles. The number of H-pyrrole nitrogens is 1. The Morgan fingerprint density at radius 2 is 1.85 bits per heavy atom. The summed E-state index contributed by atoms with van der Waals surface area (Å²) in [7, 11) is 1.57. The normalized spacial score (nSPS) is 21.7. The molecular weight excluding hydrogens is 458 g/mol. The van der Waals surface area contributed by atoms with Crippen molar-refractivity contribution < 1.29 is 19.4 Å². The van der Waals surface area contributed by atoms with E-state index in [-0.39, 0.29) is 10.7 Å². The summed E-state index contributed by atoms with van der Waals surface area (Å²) in [5.74, 6) is -2.34. The number of ketones is 1. The first-order chi connectivity index (χ1) is 16.0. The maximum absolute atomic E-state index is 14.1. The van der Waals surface area contributed by atoms with Crippen LogP contribution in [0.4, 0.5) is 0 Å². The first-order valence-corrected chi connectivity index (χ1v) is 12.6. The number of hydrogen-bond acceptors (Lipinski definition) is 7. The summed E-state index contributed by atoms with van der Waals surface area (Å²) in [6.07, 6.45) is 3.82. The topological polar surface area (TPSA) is 99.3 Å². The maximum Gasteiger partial charge on any atom is 0.305 e. The van der Waals surface area contributed by atoms with Crippen molar-refractivity contribution in [2.75, 3.05) is 7.11 Å². The number of fused-ring (bicyclic) bond motifs is 2. The van der Waals surface area contributed by atoms with E-state index in [9.17, 15) is 19.5 Å². The van der Waals surface area contributed by atoms with Crippen molar-refractivity contribution >= 4 is 34.9 Å². The van der Waals surface area contributed by atoms with Crippen LogP contribution in [0, 0.1) is 5.92 Å². The quantitative estimate of drug-likeness (QED) is 0.563. The van der Waals surface area contributed by atoms with Gasteiger partial charge in [0.15, 0.2) is 5.78 Å². The van der Waals surface area contributed by atoms with E-state index in [4.69, 9.17) is 4.74 Å². The molecule has 2 aliphatic rings. The van der Waals surface area contributed by atoms with Gasteiger partial charge in [0.05, 0.1) is 29.3 Å². The van der Waals surface area contributed by atoms with Crippen molar-refractivity contribution in [3.05, 3.63) is 79.3 Å². The Labute approximate surface area is 199 Å². The third-order valence-electron chi connectivity index (χ3n) is 6.53. The van der Waals surface area contributed by atoms with E-state index in [0.717, 1.165) is 65.5 Å². The number of carbonyl (C=O) groups is 2. The average Bonchev–Trinajstić information content (AvgIpc) is 3.22. The van der Waals surface area contributed by atoms with Gasteiger partial charge < -0.3 is 19.6 Å². The van der Waals surface area contributed by atoms with Gasteiger partial charge in [-0.3, -0.25) is 9.59 Å². The molecule has 5 rings (SSSR count). The highest BCUT2D eigenvalue weighted by molar-refractivity contribution is 8.00. The van der Waals surface area contributed by atoms with Gasteiger partial charge in [-0.25, -0.2) is 0 Å². The molecule has 0 spiro atoms. The number of carboxylic acid groups (broad SMARTS) is 1. The van der Waals surface area contributed by atoms with Crippen molar-refractivity contribution in [3.63, 3.8) is 0 Å². The molecule has 0 saturated heterocycles. The molecule has 2 aromatic carbocycles. The third-order valence-corrected chi connectivity index (χ3v) is 8.92. The van der Waals surface area contributed by atoms with E-state index in [1.807, 2.05) is 30.3 Å². The van der Waals surface area contributed by atoms with Crippen LogP contribution in [0.2, 0.25) is 0 Å². The molecule has 2 heterocycles. The molecule has 1 aliphatic carbocycles. The van der Waals surface area contributed by atoms with Crippen molar-refractivity contribution in [1.82, 2.24) is 4.98 Å². The second-order valence-electron chi connectivity index (χ2n) is 8.36. The number of hydrogen-bond donors (Lipinski definition) is 1. The van der Waals surface area contributed by atoms with Crippen LogP contribution < -0.4 is 14.7 Å². The highest BCUT2D eigenvalue weighted by Gasteiger charge is 2.45. The molecule has 3 atom stereocenters. The summed E-state index contributed by atoms with van der Waals surface area (Å²) in [5.41, 5.74) is 3.54. The van der Waals surface area contributed by atoms with Crippen LogP contribution in [0.15, 0.2) is 52.3 Å². The molecule has 0 amide bonds. The number of aromatic nitrogens is 1. The molecule has 0 saturated carbocycles. The molecule has 0 fully saturated rings. The minimum Gasteiger partial charge on any atom is -0.549 e. The predicted octanol–water partition coefficient (Wildman–Crippen LogP) is 3.18. The number of carboxylic acids is 1. The second kappa shape index (κ2) is 8.83. The number of Topliss-reactive ketones (excluding diaryl/α,β-unsaturated/α-hetero) is 1. The van der Waals surface area contributed by atoms with Crippen LogP contribution >= 0.6 is 23.1 Å². The predicted molar refractivity (Wildman–Crippen MR) is 125 cm³/mol. The maximum atomic E-state index is 14.1. The molecule has 3 unspecified atom stereocenters. The smallest absolute Gasteiger partial charge is 0.305 e. The summed E-state index contributed by atoms with van der Waals surface area (Å²) in [5, 5.41) is 11.7. The van der Waals surface area contributed by atoms with E-state index < -0.39 is 23.1 Å². The number of carbonyl (C=O) groups excluding carboxylic acids is 2. The lowest BCUT2D eigenvalue weighted by Gasteiger charge is -2.37. The summed E-state index contributed by atoms with van der Waals surface area (Å²) < 4.78 is 5.27. The fourth-order valence-corrected chi connectivity index (χ4v) is 7.41. The Bertz CT molecular complexity index is 1280. The molecule has 6 nitrogen and oxygen atoms in total. The summed E-state index contributed by atoms with van der Waals surface area (Å²) in [6, 6.07) is 13.0. The van der Waals surface area contributed by atoms with Crippen LogP contribution in [0.25, 0.3) is 0 Å². The number of thioether (sulfide) groups is 1. The minimum absolute atomic E-state index is 0.206. The molecular formula is C25H22NO5S2-. The first kappa shape index (κ1) is 22.0. The van der Waals surface area contributed by atoms with Gasteiger partial charge in [-0.2, -0.15) is 0 Å². The van der Waals surface area contributed by atoms with Gasteiger partial charge in [-0.05, 0) is 54.5 Å². The number of benzene rings is 2. The van der Waals surface area contributed by atoms with Crippen molar-refractivity contribution in [3.8, 4) is 5.75 Å².